The van der Waals surface area contributed by atoms with Crippen LogP contribution in [0.4, 0.5) is 10.5 Å². The summed E-state index contributed by atoms with van der Waals surface area (Å²) >= 11 is 7.86. The Morgan fingerprint density at radius 2 is 2.00 bits per heavy atom. The first-order valence-corrected chi connectivity index (χ1v) is 9.10. The number of ether oxygens (including phenoxy) is 1. The number of hydrogen-bond donors (Lipinski definition) is 2. The summed E-state index contributed by atoms with van der Waals surface area (Å²) in [6, 6.07) is 3.84. The normalized spacial score (nSPS) is 12.2. The van der Waals surface area contributed by atoms with Gasteiger partial charge in [-0.2, -0.15) is 0 Å². The molecule has 0 bridgehead atoms. The van der Waals surface area contributed by atoms with E-state index in [0.29, 0.717) is 18.0 Å². The van der Waals surface area contributed by atoms with Crippen molar-refractivity contribution >= 4 is 44.9 Å². The average molecular weight is 370 g/mol. The lowest BCUT2D eigenvalue weighted by Crippen LogP contribution is -2.46. The number of nitrogens with one attached hydrogen (secondary N) is 2. The maximum atomic E-state index is 11.9. The third kappa shape index (κ3) is 5.24. The fourth-order valence-corrected chi connectivity index (χ4v) is 3.12. The molecule has 0 aliphatic carbocycles. The van der Waals surface area contributed by atoms with Crippen LogP contribution < -0.4 is 10.6 Å². The van der Waals surface area contributed by atoms with Crippen LogP contribution in [-0.4, -0.2) is 28.8 Å². The highest BCUT2D eigenvalue weighted by molar-refractivity contribution is 7.16. The number of carbonyl (C=O) groups excluding carboxylic acids is 1. The lowest BCUT2D eigenvalue weighted by molar-refractivity contribution is 0.0470. The number of alkyl carbamates (subject to hydrolysis) is 1. The Morgan fingerprint density at radius 3 is 2.67 bits per heavy atom. The lowest BCUT2D eigenvalue weighted by atomic mass is 10.0. The fraction of sp³-hybridized carbons (Fsp3) is 0.529. The van der Waals surface area contributed by atoms with Crippen LogP contribution >= 0.6 is 22.9 Å². The molecule has 0 saturated heterocycles. The van der Waals surface area contributed by atoms with Crippen LogP contribution in [0.25, 0.3) is 10.2 Å². The van der Waals surface area contributed by atoms with Gasteiger partial charge in [-0.1, -0.05) is 11.6 Å². The second-order valence-corrected chi connectivity index (χ2v) is 8.60. The molecule has 1 heterocycles. The van der Waals surface area contributed by atoms with E-state index in [0.717, 1.165) is 15.9 Å². The summed E-state index contributed by atoms with van der Waals surface area (Å²) in [5.41, 5.74) is 2.61. The first-order valence-electron chi connectivity index (χ1n) is 7.84. The van der Waals surface area contributed by atoms with Crippen molar-refractivity contribution in [3.63, 3.8) is 0 Å². The van der Waals surface area contributed by atoms with Crippen molar-refractivity contribution in [1.29, 1.82) is 0 Å². The van der Waals surface area contributed by atoms with E-state index in [2.05, 4.69) is 15.6 Å². The first kappa shape index (κ1) is 18.8. The number of rotatable bonds is 5. The Kier molecular flexibility index (Phi) is 5.60. The van der Waals surface area contributed by atoms with Gasteiger partial charge in [0.05, 0.1) is 20.9 Å². The molecule has 0 spiro atoms. The molecule has 0 saturated carbocycles. The summed E-state index contributed by atoms with van der Waals surface area (Å²) in [6.07, 6.45) is 0.301. The van der Waals surface area contributed by atoms with Crippen LogP contribution in [0, 0.1) is 0 Å². The van der Waals surface area contributed by atoms with Gasteiger partial charge in [-0.15, -0.1) is 11.3 Å². The number of carbonyl (C=O) groups is 1. The molecule has 132 valence electrons. The molecule has 2 aromatic rings. The minimum atomic E-state index is -0.508. The largest absolute Gasteiger partial charge is 0.444 e. The number of benzene rings is 1. The summed E-state index contributed by atoms with van der Waals surface area (Å²) in [7, 11) is 0. The second kappa shape index (κ2) is 7.15. The zero-order valence-corrected chi connectivity index (χ0v) is 16.3. The number of thiazole rings is 1. The van der Waals surface area contributed by atoms with Gasteiger partial charge in [0.15, 0.2) is 0 Å². The van der Waals surface area contributed by atoms with Crippen LogP contribution in [-0.2, 0) is 4.74 Å². The predicted molar refractivity (Wildman–Crippen MR) is 101 cm³/mol. The van der Waals surface area contributed by atoms with E-state index in [9.17, 15) is 4.79 Å². The van der Waals surface area contributed by atoms with Crippen molar-refractivity contribution in [2.75, 3.05) is 11.9 Å². The molecular formula is C17H24ClN3O2S. The van der Waals surface area contributed by atoms with E-state index in [1.807, 2.05) is 46.8 Å². The Hall–Kier alpha value is -1.53. The number of halogens is 1. The van der Waals surface area contributed by atoms with Gasteiger partial charge in [-0.3, -0.25) is 0 Å². The molecular weight excluding hydrogens is 346 g/mol. The van der Waals surface area contributed by atoms with Crippen molar-refractivity contribution in [3.05, 3.63) is 22.7 Å². The van der Waals surface area contributed by atoms with Gasteiger partial charge in [-0.25, -0.2) is 9.78 Å². The van der Waals surface area contributed by atoms with Gasteiger partial charge >= 0.3 is 6.09 Å². The van der Waals surface area contributed by atoms with Crippen LogP contribution in [0.5, 0.6) is 0 Å². The molecule has 1 aromatic carbocycles. The van der Waals surface area contributed by atoms with Gasteiger partial charge in [0.2, 0.25) is 0 Å². The van der Waals surface area contributed by atoms with E-state index >= 15 is 0 Å². The van der Waals surface area contributed by atoms with Gasteiger partial charge < -0.3 is 15.4 Å². The van der Waals surface area contributed by atoms with E-state index < -0.39 is 17.2 Å². The third-order valence-corrected chi connectivity index (χ3v) is 4.45. The van der Waals surface area contributed by atoms with E-state index in [-0.39, 0.29) is 0 Å². The average Bonchev–Trinajstić information content (AvgIpc) is 2.86. The predicted octanol–water partition coefficient (Wildman–Crippen LogP) is 5.06. The summed E-state index contributed by atoms with van der Waals surface area (Å²) in [6.45, 7) is 10.1. The zero-order valence-electron chi connectivity index (χ0n) is 14.7. The summed E-state index contributed by atoms with van der Waals surface area (Å²) in [5, 5.41) is 6.88. The molecule has 5 nitrogen and oxygen atoms in total. The monoisotopic (exact) mass is 369 g/mol. The highest BCUT2D eigenvalue weighted by atomic mass is 35.5. The number of hydrogen-bond acceptors (Lipinski definition) is 5. The van der Waals surface area contributed by atoms with Crippen LogP contribution in [0.15, 0.2) is 17.6 Å². The Balaban J connectivity index is 1.93. The van der Waals surface area contributed by atoms with Gasteiger partial charge in [0.25, 0.3) is 0 Å². The first-order chi connectivity index (χ1) is 11.1. The molecule has 0 aliphatic rings. The highest BCUT2D eigenvalue weighted by Crippen LogP contribution is 2.32. The van der Waals surface area contributed by atoms with Crippen molar-refractivity contribution in [2.45, 2.75) is 52.2 Å². The van der Waals surface area contributed by atoms with Gasteiger partial charge in [0.1, 0.15) is 11.1 Å². The van der Waals surface area contributed by atoms with Crippen molar-refractivity contribution in [1.82, 2.24) is 10.3 Å². The molecule has 24 heavy (non-hydrogen) atoms. The second-order valence-electron chi connectivity index (χ2n) is 7.31. The standard InChI is InChI=1S/C17H24ClN3O2S/c1-16(2,3)23-15(22)21-17(4,5)8-9-19-13-11(18)6-7-12-14(13)20-10-24-12/h6-7,10,19H,8-9H2,1-5H3,(H,21,22). The number of aromatic nitrogens is 1. The van der Waals surface area contributed by atoms with Gasteiger partial charge in [0, 0.05) is 12.1 Å². The smallest absolute Gasteiger partial charge is 0.408 e. The topological polar surface area (TPSA) is 63.2 Å². The number of fused-ring (bicyclic) bond motifs is 1. The molecule has 0 unspecified atom stereocenters. The molecule has 2 N–H and O–H groups in total. The van der Waals surface area contributed by atoms with E-state index in [1.54, 1.807) is 16.8 Å². The SMILES string of the molecule is CC(C)(CCNc1c(Cl)ccc2scnc12)NC(=O)OC(C)(C)C. The van der Waals surface area contributed by atoms with Crippen molar-refractivity contribution < 1.29 is 9.53 Å². The van der Waals surface area contributed by atoms with Gasteiger partial charge in [-0.05, 0) is 53.2 Å². The maximum Gasteiger partial charge on any atom is 0.408 e. The molecule has 0 fully saturated rings. The van der Waals surface area contributed by atoms with E-state index in [4.69, 9.17) is 16.3 Å². The molecule has 1 aromatic heterocycles. The minimum Gasteiger partial charge on any atom is -0.444 e. The highest BCUT2D eigenvalue weighted by Gasteiger charge is 2.24. The van der Waals surface area contributed by atoms with Crippen molar-refractivity contribution in [3.8, 4) is 0 Å². The molecule has 1 amide bonds. The van der Waals surface area contributed by atoms with Crippen LogP contribution in [0.3, 0.4) is 0 Å². The molecule has 0 radical (unpaired) electrons. The summed E-state index contributed by atoms with van der Waals surface area (Å²) in [4.78, 5) is 16.3. The van der Waals surface area contributed by atoms with Crippen LogP contribution in [0.2, 0.25) is 5.02 Å². The number of amides is 1. The molecule has 7 heteroatoms. The lowest BCUT2D eigenvalue weighted by Gasteiger charge is -2.29. The summed E-state index contributed by atoms with van der Waals surface area (Å²) in [5.74, 6) is 0. The molecule has 2 rings (SSSR count). The van der Waals surface area contributed by atoms with E-state index in [1.165, 1.54) is 0 Å². The Bertz CT molecular complexity index is 722. The fourth-order valence-electron chi connectivity index (χ4n) is 2.22. The molecule has 0 atom stereocenters. The quantitative estimate of drug-likeness (QED) is 0.773. The number of nitrogens with zero attached hydrogens (tertiary/aromatic N) is 1. The third-order valence-electron chi connectivity index (χ3n) is 3.34. The zero-order chi connectivity index (χ0) is 18.0. The minimum absolute atomic E-state index is 0.405. The number of anilines is 1. The van der Waals surface area contributed by atoms with Crippen molar-refractivity contribution in [2.24, 2.45) is 0 Å². The Morgan fingerprint density at radius 1 is 1.29 bits per heavy atom. The van der Waals surface area contributed by atoms with Crippen LogP contribution in [0.1, 0.15) is 41.0 Å². The summed E-state index contributed by atoms with van der Waals surface area (Å²) < 4.78 is 6.40. The molecule has 0 aliphatic heterocycles. The maximum absolute atomic E-state index is 11.9. The Labute approximate surface area is 151 Å².